The first-order valence-corrected chi connectivity index (χ1v) is 9.98. The van der Waals surface area contributed by atoms with Crippen molar-refractivity contribution >= 4 is 11.8 Å². The van der Waals surface area contributed by atoms with E-state index in [9.17, 15) is 9.59 Å². The number of fused-ring (bicyclic) bond motifs is 1. The third-order valence-corrected chi connectivity index (χ3v) is 6.03. The summed E-state index contributed by atoms with van der Waals surface area (Å²) >= 11 is 0. The fraction of sp³-hybridized carbons (Fsp3) is 0.619. The Bertz CT molecular complexity index is 729. The van der Waals surface area contributed by atoms with Crippen LogP contribution in [-0.4, -0.2) is 61.1 Å². The number of nitrogens with one attached hydrogen (secondary N) is 2. The van der Waals surface area contributed by atoms with Crippen LogP contribution in [0.1, 0.15) is 36.2 Å². The second-order valence-electron chi connectivity index (χ2n) is 8.58. The van der Waals surface area contributed by atoms with E-state index < -0.39 is 5.54 Å². The van der Waals surface area contributed by atoms with E-state index in [0.29, 0.717) is 25.4 Å². The van der Waals surface area contributed by atoms with Crippen LogP contribution in [-0.2, 0) is 16.0 Å². The molecule has 6 nitrogen and oxygen atoms in total. The Morgan fingerprint density at radius 1 is 1.41 bits per heavy atom. The largest absolute Gasteiger partial charge is 0.381 e. The van der Waals surface area contributed by atoms with E-state index in [1.807, 2.05) is 38.1 Å². The molecule has 2 saturated heterocycles. The van der Waals surface area contributed by atoms with Gasteiger partial charge in [0.05, 0.1) is 18.1 Å². The van der Waals surface area contributed by atoms with Gasteiger partial charge in [0.2, 0.25) is 5.91 Å². The lowest BCUT2D eigenvalue weighted by molar-refractivity contribution is -0.126. The number of rotatable bonds is 4. The minimum absolute atomic E-state index is 0.0369. The van der Waals surface area contributed by atoms with Crippen molar-refractivity contribution in [3.63, 3.8) is 0 Å². The Kier molecular flexibility index (Phi) is 4.95. The van der Waals surface area contributed by atoms with Crippen molar-refractivity contribution < 1.29 is 14.3 Å². The summed E-state index contributed by atoms with van der Waals surface area (Å²) in [5.74, 6) is 0.236. The molecule has 3 aliphatic rings. The molecule has 146 valence electrons. The van der Waals surface area contributed by atoms with Crippen LogP contribution >= 0.6 is 0 Å². The summed E-state index contributed by atoms with van der Waals surface area (Å²) in [5.41, 5.74) is 1.23. The predicted molar refractivity (Wildman–Crippen MR) is 102 cm³/mol. The quantitative estimate of drug-likeness (QED) is 0.835. The van der Waals surface area contributed by atoms with Gasteiger partial charge in [-0.3, -0.25) is 14.5 Å². The molecule has 1 spiro atoms. The SMILES string of the molecule is CC(C)NC(=O)[C@@H]1CN(CC2CCOC2)C[C@]12Cc1ccccc1C(=O)N2. The topological polar surface area (TPSA) is 70.7 Å². The van der Waals surface area contributed by atoms with Crippen LogP contribution in [0.25, 0.3) is 0 Å². The highest BCUT2D eigenvalue weighted by molar-refractivity contribution is 5.98. The summed E-state index contributed by atoms with van der Waals surface area (Å²) in [6, 6.07) is 7.82. The van der Waals surface area contributed by atoms with E-state index in [2.05, 4.69) is 15.5 Å². The highest BCUT2D eigenvalue weighted by Crippen LogP contribution is 2.36. The van der Waals surface area contributed by atoms with Crippen molar-refractivity contribution in [3.05, 3.63) is 35.4 Å². The molecule has 1 unspecified atom stereocenters. The summed E-state index contributed by atoms with van der Waals surface area (Å²) in [6.45, 7) is 7.87. The lowest BCUT2D eigenvalue weighted by Crippen LogP contribution is -2.62. The lowest BCUT2D eigenvalue weighted by Gasteiger charge is -2.39. The molecule has 4 rings (SSSR count). The third-order valence-electron chi connectivity index (χ3n) is 6.03. The van der Waals surface area contributed by atoms with Crippen LogP contribution in [0.4, 0.5) is 0 Å². The van der Waals surface area contributed by atoms with E-state index in [1.165, 1.54) is 0 Å². The van der Waals surface area contributed by atoms with Gasteiger partial charge < -0.3 is 15.4 Å². The number of likely N-dealkylation sites (tertiary alicyclic amines) is 1. The van der Waals surface area contributed by atoms with Crippen LogP contribution in [0.3, 0.4) is 0 Å². The van der Waals surface area contributed by atoms with Crippen molar-refractivity contribution in [3.8, 4) is 0 Å². The average molecular weight is 371 g/mol. The second kappa shape index (κ2) is 7.24. The zero-order valence-corrected chi connectivity index (χ0v) is 16.2. The minimum atomic E-state index is -0.538. The molecule has 27 heavy (non-hydrogen) atoms. The highest BCUT2D eigenvalue weighted by atomic mass is 16.5. The zero-order valence-electron chi connectivity index (χ0n) is 16.2. The Morgan fingerprint density at radius 2 is 2.22 bits per heavy atom. The molecule has 0 aliphatic carbocycles. The van der Waals surface area contributed by atoms with Gasteiger partial charge in [-0.1, -0.05) is 18.2 Å². The Morgan fingerprint density at radius 3 is 2.96 bits per heavy atom. The molecule has 3 aliphatic heterocycles. The van der Waals surface area contributed by atoms with Crippen molar-refractivity contribution in [2.45, 2.75) is 38.3 Å². The third kappa shape index (κ3) is 3.60. The molecule has 6 heteroatoms. The summed E-state index contributed by atoms with van der Waals surface area (Å²) in [7, 11) is 0. The highest BCUT2D eigenvalue weighted by Gasteiger charge is 2.53. The molecule has 2 fully saturated rings. The first-order valence-electron chi connectivity index (χ1n) is 9.98. The van der Waals surface area contributed by atoms with E-state index in [0.717, 1.165) is 37.3 Å². The second-order valence-corrected chi connectivity index (χ2v) is 8.58. The summed E-state index contributed by atoms with van der Waals surface area (Å²) in [5, 5.41) is 6.30. The van der Waals surface area contributed by atoms with Gasteiger partial charge in [0.25, 0.3) is 5.91 Å². The van der Waals surface area contributed by atoms with Crippen LogP contribution in [0, 0.1) is 11.8 Å². The molecule has 0 saturated carbocycles. The van der Waals surface area contributed by atoms with Crippen molar-refractivity contribution in [1.29, 1.82) is 0 Å². The number of nitrogens with zero attached hydrogens (tertiary/aromatic N) is 1. The first kappa shape index (κ1) is 18.4. The zero-order chi connectivity index (χ0) is 19.0. The average Bonchev–Trinajstić information content (AvgIpc) is 3.23. The molecule has 3 atom stereocenters. The molecule has 0 bridgehead atoms. The maximum atomic E-state index is 13.0. The maximum Gasteiger partial charge on any atom is 0.252 e. The van der Waals surface area contributed by atoms with Crippen molar-refractivity contribution in [2.24, 2.45) is 11.8 Å². The van der Waals surface area contributed by atoms with Gasteiger partial charge in [-0.15, -0.1) is 0 Å². The number of carbonyl (C=O) groups is 2. The van der Waals surface area contributed by atoms with Gasteiger partial charge in [-0.2, -0.15) is 0 Å². The summed E-state index contributed by atoms with van der Waals surface area (Å²) < 4.78 is 5.52. The Balaban J connectivity index is 1.61. The number of hydrogen-bond donors (Lipinski definition) is 2. The van der Waals surface area contributed by atoms with Gasteiger partial charge in [0.15, 0.2) is 0 Å². The van der Waals surface area contributed by atoms with Crippen molar-refractivity contribution in [1.82, 2.24) is 15.5 Å². The summed E-state index contributed by atoms with van der Waals surface area (Å²) in [4.78, 5) is 28.2. The lowest BCUT2D eigenvalue weighted by atomic mass is 9.77. The summed E-state index contributed by atoms with van der Waals surface area (Å²) in [6.07, 6.45) is 1.77. The molecular formula is C21H29N3O3. The van der Waals surface area contributed by atoms with Crippen LogP contribution in [0.15, 0.2) is 24.3 Å². The van der Waals surface area contributed by atoms with Gasteiger partial charge in [0, 0.05) is 37.8 Å². The monoisotopic (exact) mass is 371 g/mol. The molecule has 2 amide bonds. The first-order chi connectivity index (χ1) is 13.0. The fourth-order valence-corrected chi connectivity index (χ4v) is 4.84. The number of hydrogen-bond acceptors (Lipinski definition) is 4. The van der Waals surface area contributed by atoms with Crippen molar-refractivity contribution in [2.75, 3.05) is 32.8 Å². The molecule has 0 aromatic heterocycles. The van der Waals surface area contributed by atoms with Crippen LogP contribution in [0.5, 0.6) is 0 Å². The van der Waals surface area contributed by atoms with E-state index >= 15 is 0 Å². The van der Waals surface area contributed by atoms with Gasteiger partial charge in [0.1, 0.15) is 0 Å². The van der Waals surface area contributed by atoms with E-state index in [-0.39, 0.29) is 23.8 Å². The Labute approximate surface area is 160 Å². The molecule has 1 aromatic carbocycles. The van der Waals surface area contributed by atoms with Crippen LogP contribution < -0.4 is 10.6 Å². The molecular weight excluding hydrogens is 342 g/mol. The van der Waals surface area contributed by atoms with E-state index in [4.69, 9.17) is 4.74 Å². The fourth-order valence-electron chi connectivity index (χ4n) is 4.84. The van der Waals surface area contributed by atoms with Gasteiger partial charge >= 0.3 is 0 Å². The molecule has 1 aromatic rings. The minimum Gasteiger partial charge on any atom is -0.381 e. The normalized spacial score (nSPS) is 30.6. The number of amides is 2. The standard InChI is InChI=1S/C21H29N3O3/c1-14(2)22-20(26)18-11-24(10-15-7-8-27-12-15)13-21(18)9-16-5-3-4-6-17(16)19(25)23-21/h3-6,14-15,18H,7-13H2,1-2H3,(H,22,26)(H,23,25)/t15?,18-,21+/m0/s1. The van der Waals surface area contributed by atoms with Crippen LogP contribution in [0.2, 0.25) is 0 Å². The Hall–Kier alpha value is -1.92. The smallest absolute Gasteiger partial charge is 0.252 e. The molecule has 2 N–H and O–H groups in total. The maximum absolute atomic E-state index is 13.0. The van der Waals surface area contributed by atoms with E-state index in [1.54, 1.807) is 0 Å². The molecule has 3 heterocycles. The number of benzene rings is 1. The van der Waals surface area contributed by atoms with Gasteiger partial charge in [-0.25, -0.2) is 0 Å². The molecule has 0 radical (unpaired) electrons. The van der Waals surface area contributed by atoms with Gasteiger partial charge in [-0.05, 0) is 44.2 Å². The number of ether oxygens (including phenoxy) is 1. The number of carbonyl (C=O) groups excluding carboxylic acids is 2. The predicted octanol–water partition coefficient (Wildman–Crippen LogP) is 1.20.